The van der Waals surface area contributed by atoms with Crippen molar-refractivity contribution in [2.45, 2.75) is 32.5 Å². The van der Waals surface area contributed by atoms with E-state index < -0.39 is 0 Å². The molecule has 2 aliphatic rings. The molecule has 136 valence electrons. The summed E-state index contributed by atoms with van der Waals surface area (Å²) in [4.78, 5) is 15.1. The van der Waals surface area contributed by atoms with Crippen LogP contribution >= 0.6 is 11.6 Å². The Morgan fingerprint density at radius 2 is 2.04 bits per heavy atom. The largest absolute Gasteiger partial charge is 0.486 e. The van der Waals surface area contributed by atoms with E-state index in [1.54, 1.807) is 0 Å². The topological polar surface area (TPSA) is 50.8 Å². The number of nitrogens with one attached hydrogen (secondary N) is 1. The third kappa shape index (κ3) is 2.76. The third-order valence-corrected chi connectivity index (χ3v) is 5.24. The highest BCUT2D eigenvalue weighted by molar-refractivity contribution is 6.32. The molecule has 2 aliphatic heterocycles. The van der Waals surface area contributed by atoms with E-state index in [1.807, 2.05) is 41.3 Å². The van der Waals surface area contributed by atoms with Gasteiger partial charge < -0.3 is 19.7 Å². The van der Waals surface area contributed by atoms with E-state index in [4.69, 9.17) is 21.1 Å². The molecule has 0 saturated carbocycles. The molecule has 2 aromatic carbocycles. The van der Waals surface area contributed by atoms with Crippen LogP contribution in [0.1, 0.15) is 42.4 Å². The Morgan fingerprint density at radius 3 is 2.85 bits per heavy atom. The monoisotopic (exact) mass is 372 g/mol. The van der Waals surface area contributed by atoms with Gasteiger partial charge in [0.25, 0.3) is 5.91 Å². The number of nitrogens with zero attached hydrogens (tertiary/aromatic N) is 1. The van der Waals surface area contributed by atoms with Gasteiger partial charge in [-0.25, -0.2) is 0 Å². The molecule has 0 aromatic heterocycles. The maximum atomic E-state index is 13.2. The van der Waals surface area contributed by atoms with Crippen LogP contribution in [0, 0.1) is 0 Å². The number of fused-ring (bicyclic) bond motifs is 2. The number of amides is 1. The fraction of sp³-hybridized carbons (Fsp3) is 0.350. The van der Waals surface area contributed by atoms with Crippen LogP contribution in [0.4, 0.5) is 5.69 Å². The summed E-state index contributed by atoms with van der Waals surface area (Å²) < 4.78 is 11.3. The van der Waals surface area contributed by atoms with Crippen molar-refractivity contribution >= 4 is 23.2 Å². The number of hydrogen-bond acceptors (Lipinski definition) is 4. The SMILES string of the molecule is CC[C@H](C)N1C(=O)c2ccccc2N[C@@H]1c1cc(Cl)c2c(c1)OCCO2. The van der Waals surface area contributed by atoms with E-state index >= 15 is 0 Å². The minimum Gasteiger partial charge on any atom is -0.486 e. The van der Waals surface area contributed by atoms with E-state index in [-0.39, 0.29) is 18.1 Å². The lowest BCUT2D eigenvalue weighted by Crippen LogP contribution is -2.47. The van der Waals surface area contributed by atoms with Gasteiger partial charge >= 0.3 is 0 Å². The zero-order valence-corrected chi connectivity index (χ0v) is 15.5. The molecule has 5 nitrogen and oxygen atoms in total. The van der Waals surface area contributed by atoms with Gasteiger partial charge in [0.15, 0.2) is 11.5 Å². The zero-order valence-electron chi connectivity index (χ0n) is 14.8. The first kappa shape index (κ1) is 17.0. The first-order chi connectivity index (χ1) is 12.6. The van der Waals surface area contributed by atoms with Crippen molar-refractivity contribution < 1.29 is 14.3 Å². The number of carbonyl (C=O) groups is 1. The van der Waals surface area contributed by atoms with Crippen LogP contribution in [-0.2, 0) is 0 Å². The molecule has 1 amide bonds. The van der Waals surface area contributed by atoms with Gasteiger partial charge in [-0.05, 0) is 37.6 Å². The summed E-state index contributed by atoms with van der Waals surface area (Å²) in [5.41, 5.74) is 2.39. The summed E-state index contributed by atoms with van der Waals surface area (Å²) in [6.07, 6.45) is 0.533. The van der Waals surface area contributed by atoms with Gasteiger partial charge in [0.2, 0.25) is 0 Å². The molecule has 6 heteroatoms. The predicted octanol–water partition coefficient (Wildman–Crippen LogP) is 4.48. The van der Waals surface area contributed by atoms with E-state index in [0.29, 0.717) is 35.3 Å². The molecule has 0 radical (unpaired) electrons. The Morgan fingerprint density at radius 1 is 1.27 bits per heavy atom. The molecule has 0 unspecified atom stereocenters. The van der Waals surface area contributed by atoms with Crippen LogP contribution in [0.5, 0.6) is 11.5 Å². The van der Waals surface area contributed by atoms with Gasteiger partial charge in [-0.15, -0.1) is 0 Å². The number of halogens is 1. The third-order valence-electron chi connectivity index (χ3n) is 4.96. The molecule has 2 atom stereocenters. The van der Waals surface area contributed by atoms with Gasteiger partial charge in [0.05, 0.1) is 10.6 Å². The van der Waals surface area contributed by atoms with E-state index in [0.717, 1.165) is 17.7 Å². The molecule has 2 aromatic rings. The molecular formula is C20H21ClN2O3. The molecular weight excluding hydrogens is 352 g/mol. The molecule has 0 fully saturated rings. The standard InChI is InChI=1S/C20H21ClN2O3/c1-3-12(2)23-19(22-16-7-5-4-6-14(16)20(23)24)13-10-15(21)18-17(11-13)25-8-9-26-18/h4-7,10-12,19,22H,3,8-9H2,1-2H3/t12-,19-/m0/s1. The second-order valence-electron chi connectivity index (χ2n) is 6.59. The normalized spacial score (nSPS) is 19.6. The number of ether oxygens (including phenoxy) is 2. The minimum atomic E-state index is -0.319. The molecule has 26 heavy (non-hydrogen) atoms. The number of hydrogen-bond donors (Lipinski definition) is 1. The van der Waals surface area contributed by atoms with Crippen LogP contribution in [0.3, 0.4) is 0 Å². The van der Waals surface area contributed by atoms with E-state index in [9.17, 15) is 4.79 Å². The summed E-state index contributed by atoms with van der Waals surface area (Å²) in [6.45, 7) is 5.10. The van der Waals surface area contributed by atoms with Gasteiger partial charge in [0, 0.05) is 17.3 Å². The molecule has 0 saturated heterocycles. The van der Waals surface area contributed by atoms with Gasteiger partial charge in [-0.1, -0.05) is 30.7 Å². The predicted molar refractivity (Wildman–Crippen MR) is 101 cm³/mol. The smallest absolute Gasteiger partial charge is 0.258 e. The Bertz CT molecular complexity index is 855. The summed E-state index contributed by atoms with van der Waals surface area (Å²) in [6, 6.07) is 11.4. The highest BCUT2D eigenvalue weighted by atomic mass is 35.5. The van der Waals surface area contributed by atoms with Crippen molar-refractivity contribution in [2.24, 2.45) is 0 Å². The Hall–Kier alpha value is -2.40. The number of para-hydroxylation sites is 1. The van der Waals surface area contributed by atoms with Gasteiger partial charge in [0.1, 0.15) is 19.4 Å². The maximum Gasteiger partial charge on any atom is 0.258 e. The molecule has 0 spiro atoms. The quantitative estimate of drug-likeness (QED) is 0.863. The summed E-state index contributed by atoms with van der Waals surface area (Å²) in [5.74, 6) is 1.21. The molecule has 2 heterocycles. The van der Waals surface area contributed by atoms with Gasteiger partial charge in [-0.2, -0.15) is 0 Å². The molecule has 1 N–H and O–H groups in total. The average molecular weight is 373 g/mol. The summed E-state index contributed by atoms with van der Waals surface area (Å²) in [5, 5.41) is 3.99. The summed E-state index contributed by atoms with van der Waals surface area (Å²) in [7, 11) is 0. The zero-order chi connectivity index (χ0) is 18.3. The van der Waals surface area contributed by atoms with Crippen LogP contribution in [-0.4, -0.2) is 30.1 Å². The number of carbonyl (C=O) groups excluding carboxylic acids is 1. The lowest BCUT2D eigenvalue weighted by atomic mass is 10.0. The number of anilines is 1. The summed E-state index contributed by atoms with van der Waals surface area (Å²) >= 11 is 6.43. The van der Waals surface area contributed by atoms with E-state index in [1.165, 1.54) is 0 Å². The van der Waals surface area contributed by atoms with Crippen LogP contribution in [0.15, 0.2) is 36.4 Å². The average Bonchev–Trinajstić information content (AvgIpc) is 2.67. The fourth-order valence-electron chi connectivity index (χ4n) is 3.45. The van der Waals surface area contributed by atoms with Crippen LogP contribution in [0.2, 0.25) is 5.02 Å². The van der Waals surface area contributed by atoms with Crippen molar-refractivity contribution in [1.29, 1.82) is 0 Å². The number of rotatable bonds is 3. The van der Waals surface area contributed by atoms with Crippen molar-refractivity contribution in [3.8, 4) is 11.5 Å². The van der Waals surface area contributed by atoms with Crippen molar-refractivity contribution in [3.05, 3.63) is 52.5 Å². The van der Waals surface area contributed by atoms with Crippen LogP contribution in [0.25, 0.3) is 0 Å². The van der Waals surface area contributed by atoms with Crippen LogP contribution < -0.4 is 14.8 Å². The first-order valence-electron chi connectivity index (χ1n) is 8.87. The Labute approximate surface area is 157 Å². The highest BCUT2D eigenvalue weighted by Gasteiger charge is 2.36. The lowest BCUT2D eigenvalue weighted by molar-refractivity contribution is 0.0593. The Balaban J connectivity index is 1.81. The number of benzene rings is 2. The first-order valence-corrected chi connectivity index (χ1v) is 9.25. The molecule has 4 rings (SSSR count). The molecule has 0 bridgehead atoms. The second-order valence-corrected chi connectivity index (χ2v) is 7.00. The van der Waals surface area contributed by atoms with Crippen molar-refractivity contribution in [2.75, 3.05) is 18.5 Å². The molecule has 0 aliphatic carbocycles. The fourth-order valence-corrected chi connectivity index (χ4v) is 3.73. The van der Waals surface area contributed by atoms with E-state index in [2.05, 4.69) is 19.2 Å². The lowest BCUT2D eigenvalue weighted by Gasteiger charge is -2.41. The van der Waals surface area contributed by atoms with Gasteiger partial charge in [-0.3, -0.25) is 4.79 Å². The minimum absolute atomic E-state index is 0.0183. The Kier molecular flexibility index (Phi) is 4.41. The van der Waals surface area contributed by atoms with Crippen molar-refractivity contribution in [1.82, 2.24) is 4.90 Å². The second kappa shape index (κ2) is 6.72. The van der Waals surface area contributed by atoms with Crippen molar-refractivity contribution in [3.63, 3.8) is 0 Å². The maximum absolute atomic E-state index is 13.2. The highest BCUT2D eigenvalue weighted by Crippen LogP contribution is 2.42.